The summed E-state index contributed by atoms with van der Waals surface area (Å²) in [5.41, 5.74) is 1.91. The standard InChI is InChI=1S/C16H23NO4/c1-13(12-21-3)17(10-11-20-2)15-7-4-14(5-8-15)6-9-16(18)19/h4-9,13H,10-12H2,1-3H3,(H,18,19). The molecule has 0 radical (unpaired) electrons. The Bertz CT molecular complexity index is 456. The first-order valence-electron chi connectivity index (χ1n) is 6.84. The molecule has 0 aliphatic rings. The molecular weight excluding hydrogens is 270 g/mol. The van der Waals surface area contributed by atoms with Gasteiger partial charge in [0, 0.05) is 38.6 Å². The van der Waals surface area contributed by atoms with Gasteiger partial charge in [-0.3, -0.25) is 0 Å². The second-order valence-corrected chi connectivity index (χ2v) is 4.75. The van der Waals surface area contributed by atoms with Gasteiger partial charge in [-0.1, -0.05) is 12.1 Å². The van der Waals surface area contributed by atoms with Crippen molar-refractivity contribution in [3.05, 3.63) is 35.9 Å². The van der Waals surface area contributed by atoms with Gasteiger partial charge in [0.05, 0.1) is 13.2 Å². The van der Waals surface area contributed by atoms with Crippen molar-refractivity contribution in [1.82, 2.24) is 0 Å². The Morgan fingerprint density at radius 2 is 1.95 bits per heavy atom. The van der Waals surface area contributed by atoms with Crippen LogP contribution in [-0.4, -0.2) is 51.1 Å². The van der Waals surface area contributed by atoms with Crippen LogP contribution in [0, 0.1) is 0 Å². The van der Waals surface area contributed by atoms with Crippen LogP contribution in [0.3, 0.4) is 0 Å². The number of ether oxygens (including phenoxy) is 2. The first-order chi connectivity index (χ1) is 10.1. The monoisotopic (exact) mass is 293 g/mol. The summed E-state index contributed by atoms with van der Waals surface area (Å²) in [5, 5.41) is 8.62. The number of carboxylic acid groups (broad SMARTS) is 1. The molecule has 21 heavy (non-hydrogen) atoms. The van der Waals surface area contributed by atoms with Crippen LogP contribution in [0.15, 0.2) is 30.3 Å². The van der Waals surface area contributed by atoms with Crippen molar-refractivity contribution >= 4 is 17.7 Å². The van der Waals surface area contributed by atoms with Crippen molar-refractivity contribution in [1.29, 1.82) is 0 Å². The van der Waals surface area contributed by atoms with Crippen LogP contribution in [-0.2, 0) is 14.3 Å². The molecule has 1 aromatic rings. The third-order valence-electron chi connectivity index (χ3n) is 3.12. The first-order valence-corrected chi connectivity index (χ1v) is 6.84. The van der Waals surface area contributed by atoms with Gasteiger partial charge in [0.2, 0.25) is 0 Å². The molecule has 1 rings (SSSR count). The Hall–Kier alpha value is -1.85. The molecule has 5 heteroatoms. The van der Waals surface area contributed by atoms with Gasteiger partial charge >= 0.3 is 5.97 Å². The number of anilines is 1. The van der Waals surface area contributed by atoms with E-state index in [1.807, 2.05) is 24.3 Å². The van der Waals surface area contributed by atoms with E-state index in [4.69, 9.17) is 14.6 Å². The highest BCUT2D eigenvalue weighted by atomic mass is 16.5. The third-order valence-corrected chi connectivity index (χ3v) is 3.12. The van der Waals surface area contributed by atoms with Crippen LogP contribution in [0.5, 0.6) is 0 Å². The smallest absolute Gasteiger partial charge is 0.328 e. The van der Waals surface area contributed by atoms with Gasteiger partial charge in [-0.05, 0) is 30.7 Å². The number of carbonyl (C=O) groups is 1. The zero-order valence-electron chi connectivity index (χ0n) is 12.8. The number of carboxylic acids is 1. The topological polar surface area (TPSA) is 59.0 Å². The van der Waals surface area contributed by atoms with E-state index < -0.39 is 5.97 Å². The van der Waals surface area contributed by atoms with Crippen molar-refractivity contribution < 1.29 is 19.4 Å². The fourth-order valence-electron chi connectivity index (χ4n) is 2.07. The summed E-state index contributed by atoms with van der Waals surface area (Å²) in [5.74, 6) is -0.950. The molecular formula is C16H23NO4. The van der Waals surface area contributed by atoms with Gasteiger partial charge in [-0.2, -0.15) is 0 Å². The largest absolute Gasteiger partial charge is 0.478 e. The molecule has 0 aromatic heterocycles. The summed E-state index contributed by atoms with van der Waals surface area (Å²) in [6.07, 6.45) is 2.70. The van der Waals surface area contributed by atoms with Gasteiger partial charge in [0.25, 0.3) is 0 Å². The van der Waals surface area contributed by atoms with E-state index in [2.05, 4.69) is 11.8 Å². The average Bonchev–Trinajstić information content (AvgIpc) is 2.47. The molecule has 0 aliphatic carbocycles. The molecule has 1 unspecified atom stereocenters. The van der Waals surface area contributed by atoms with Crippen LogP contribution >= 0.6 is 0 Å². The quantitative estimate of drug-likeness (QED) is 0.708. The molecule has 5 nitrogen and oxygen atoms in total. The molecule has 1 aromatic carbocycles. The lowest BCUT2D eigenvalue weighted by Gasteiger charge is -2.30. The van der Waals surface area contributed by atoms with E-state index >= 15 is 0 Å². The van der Waals surface area contributed by atoms with E-state index in [9.17, 15) is 4.79 Å². The number of hydrogen-bond donors (Lipinski definition) is 1. The summed E-state index contributed by atoms with van der Waals surface area (Å²) in [4.78, 5) is 12.7. The molecule has 0 saturated heterocycles. The van der Waals surface area contributed by atoms with Crippen LogP contribution in [0.1, 0.15) is 12.5 Å². The minimum atomic E-state index is -0.950. The highest BCUT2D eigenvalue weighted by Gasteiger charge is 2.14. The number of nitrogens with zero attached hydrogens (tertiary/aromatic N) is 1. The Kier molecular flexibility index (Phi) is 7.50. The molecule has 1 atom stereocenters. The van der Waals surface area contributed by atoms with Crippen molar-refractivity contribution in [3.8, 4) is 0 Å². The predicted octanol–water partition coefficient (Wildman–Crippen LogP) is 2.27. The number of methoxy groups -OCH3 is 2. The summed E-state index contributed by atoms with van der Waals surface area (Å²) < 4.78 is 10.4. The second-order valence-electron chi connectivity index (χ2n) is 4.75. The SMILES string of the molecule is COCCN(c1ccc(C=CC(=O)O)cc1)C(C)COC. The zero-order chi connectivity index (χ0) is 15.7. The van der Waals surface area contributed by atoms with E-state index in [1.165, 1.54) is 0 Å². The molecule has 0 aliphatic heterocycles. The minimum absolute atomic E-state index is 0.227. The highest BCUT2D eigenvalue weighted by molar-refractivity contribution is 5.85. The number of rotatable bonds is 9. The molecule has 0 fully saturated rings. The summed E-state index contributed by atoms with van der Waals surface area (Å²) in [6, 6.07) is 7.97. The number of aliphatic carboxylic acids is 1. The van der Waals surface area contributed by atoms with Crippen molar-refractivity contribution in [2.45, 2.75) is 13.0 Å². The maximum atomic E-state index is 10.5. The molecule has 0 saturated carbocycles. The minimum Gasteiger partial charge on any atom is -0.478 e. The fraction of sp³-hybridized carbons (Fsp3) is 0.438. The summed E-state index contributed by atoms with van der Waals surface area (Å²) in [6.45, 7) is 4.13. The lowest BCUT2D eigenvalue weighted by Crippen LogP contribution is -2.38. The molecule has 116 valence electrons. The van der Waals surface area contributed by atoms with Crippen molar-refractivity contribution in [2.24, 2.45) is 0 Å². The lowest BCUT2D eigenvalue weighted by molar-refractivity contribution is -0.131. The normalized spacial score (nSPS) is 12.5. The van der Waals surface area contributed by atoms with E-state index in [1.54, 1.807) is 20.3 Å². The van der Waals surface area contributed by atoms with Gasteiger partial charge in [0.1, 0.15) is 0 Å². The molecule has 0 spiro atoms. The fourth-order valence-corrected chi connectivity index (χ4v) is 2.07. The Morgan fingerprint density at radius 3 is 2.48 bits per heavy atom. The van der Waals surface area contributed by atoms with Gasteiger partial charge in [-0.15, -0.1) is 0 Å². The van der Waals surface area contributed by atoms with Gasteiger partial charge < -0.3 is 19.5 Å². The third kappa shape index (κ3) is 5.97. The van der Waals surface area contributed by atoms with E-state index in [0.29, 0.717) is 13.2 Å². The maximum absolute atomic E-state index is 10.5. The first kappa shape index (κ1) is 17.2. The zero-order valence-corrected chi connectivity index (χ0v) is 12.8. The Morgan fingerprint density at radius 1 is 1.29 bits per heavy atom. The highest BCUT2D eigenvalue weighted by Crippen LogP contribution is 2.18. The van der Waals surface area contributed by atoms with Gasteiger partial charge in [-0.25, -0.2) is 4.79 Å². The summed E-state index contributed by atoms with van der Waals surface area (Å²) >= 11 is 0. The van der Waals surface area contributed by atoms with Crippen LogP contribution in [0.4, 0.5) is 5.69 Å². The number of hydrogen-bond acceptors (Lipinski definition) is 4. The predicted molar refractivity (Wildman–Crippen MR) is 83.7 cm³/mol. The maximum Gasteiger partial charge on any atom is 0.328 e. The summed E-state index contributed by atoms with van der Waals surface area (Å²) in [7, 11) is 3.36. The van der Waals surface area contributed by atoms with E-state index in [-0.39, 0.29) is 6.04 Å². The average molecular weight is 293 g/mol. The van der Waals surface area contributed by atoms with Crippen LogP contribution in [0.25, 0.3) is 6.08 Å². The van der Waals surface area contributed by atoms with Crippen LogP contribution in [0.2, 0.25) is 0 Å². The molecule has 0 amide bonds. The Balaban J connectivity index is 2.84. The second kappa shape index (κ2) is 9.15. The molecule has 0 heterocycles. The lowest BCUT2D eigenvalue weighted by atomic mass is 10.1. The molecule has 1 N–H and O–H groups in total. The van der Waals surface area contributed by atoms with Crippen LogP contribution < -0.4 is 4.90 Å². The van der Waals surface area contributed by atoms with Crippen molar-refractivity contribution in [3.63, 3.8) is 0 Å². The number of benzene rings is 1. The molecule has 0 bridgehead atoms. The van der Waals surface area contributed by atoms with E-state index in [0.717, 1.165) is 23.9 Å². The Labute approximate surface area is 125 Å². The van der Waals surface area contributed by atoms with Crippen molar-refractivity contribution in [2.75, 3.05) is 38.9 Å². The van der Waals surface area contributed by atoms with Gasteiger partial charge in [0.15, 0.2) is 0 Å².